The quantitative estimate of drug-likeness (QED) is 0.728. The second-order valence-corrected chi connectivity index (χ2v) is 4.80. The number of piperidine rings is 1. The monoisotopic (exact) mass is 212 g/mol. The van der Waals surface area contributed by atoms with E-state index >= 15 is 0 Å². The zero-order chi connectivity index (χ0) is 11.1. The van der Waals surface area contributed by atoms with Crippen LogP contribution >= 0.6 is 0 Å². The molecule has 1 N–H and O–H groups in total. The van der Waals surface area contributed by atoms with Crippen LogP contribution in [0.4, 0.5) is 0 Å². The molecule has 2 nitrogen and oxygen atoms in total. The summed E-state index contributed by atoms with van der Waals surface area (Å²) in [4.78, 5) is 2.77. The third-order valence-corrected chi connectivity index (χ3v) is 3.67. The number of nitrogens with one attached hydrogen (secondary N) is 1. The molecule has 0 radical (unpaired) electrons. The first kappa shape index (κ1) is 13.0. The number of nitrogens with zero attached hydrogens (tertiary/aromatic N) is 1. The van der Waals surface area contributed by atoms with Gasteiger partial charge in [0.15, 0.2) is 0 Å². The standard InChI is InChI=1S/C13H28N2/c1-4-8-13-9-6-7-10-15(13)12(5-2)11-14-3/h12-14H,4-11H2,1-3H3. The van der Waals surface area contributed by atoms with Gasteiger partial charge in [-0.1, -0.05) is 26.7 Å². The summed E-state index contributed by atoms with van der Waals surface area (Å²) in [5.74, 6) is 0. The molecule has 0 amide bonds. The Morgan fingerprint density at radius 3 is 2.73 bits per heavy atom. The fourth-order valence-electron chi connectivity index (χ4n) is 2.88. The van der Waals surface area contributed by atoms with Crippen molar-refractivity contribution in [3.8, 4) is 0 Å². The number of rotatable bonds is 6. The van der Waals surface area contributed by atoms with E-state index in [1.807, 2.05) is 0 Å². The summed E-state index contributed by atoms with van der Waals surface area (Å²) < 4.78 is 0. The van der Waals surface area contributed by atoms with Crippen LogP contribution in [-0.2, 0) is 0 Å². The molecular formula is C13H28N2. The highest BCUT2D eigenvalue weighted by Crippen LogP contribution is 2.23. The first-order valence-corrected chi connectivity index (χ1v) is 6.73. The molecule has 0 aliphatic carbocycles. The van der Waals surface area contributed by atoms with Gasteiger partial charge in [0.2, 0.25) is 0 Å². The lowest BCUT2D eigenvalue weighted by atomic mass is 9.95. The van der Waals surface area contributed by atoms with Crippen LogP contribution in [0.5, 0.6) is 0 Å². The maximum Gasteiger partial charge on any atom is 0.0220 e. The number of hydrogen-bond acceptors (Lipinski definition) is 2. The Morgan fingerprint density at radius 2 is 2.13 bits per heavy atom. The van der Waals surface area contributed by atoms with Crippen molar-refractivity contribution in [3.63, 3.8) is 0 Å². The normalized spacial score (nSPS) is 25.4. The van der Waals surface area contributed by atoms with E-state index in [2.05, 4.69) is 31.1 Å². The summed E-state index contributed by atoms with van der Waals surface area (Å²) in [6.07, 6.45) is 8.27. The molecule has 2 atom stereocenters. The van der Waals surface area contributed by atoms with E-state index in [-0.39, 0.29) is 0 Å². The zero-order valence-corrected chi connectivity index (χ0v) is 10.8. The number of likely N-dealkylation sites (tertiary alicyclic amines) is 1. The minimum absolute atomic E-state index is 0.756. The van der Waals surface area contributed by atoms with Crippen molar-refractivity contribution in [2.45, 2.75) is 64.5 Å². The van der Waals surface area contributed by atoms with Crippen LogP contribution in [0.3, 0.4) is 0 Å². The molecule has 15 heavy (non-hydrogen) atoms. The van der Waals surface area contributed by atoms with Crippen molar-refractivity contribution >= 4 is 0 Å². The topological polar surface area (TPSA) is 15.3 Å². The van der Waals surface area contributed by atoms with Gasteiger partial charge in [0, 0.05) is 18.6 Å². The molecule has 1 aliphatic heterocycles. The van der Waals surface area contributed by atoms with Crippen molar-refractivity contribution in [1.82, 2.24) is 10.2 Å². The largest absolute Gasteiger partial charge is 0.318 e. The molecule has 1 aliphatic rings. The predicted molar refractivity (Wildman–Crippen MR) is 67.3 cm³/mol. The van der Waals surface area contributed by atoms with Crippen molar-refractivity contribution in [2.24, 2.45) is 0 Å². The fraction of sp³-hybridized carbons (Fsp3) is 1.00. The molecular weight excluding hydrogens is 184 g/mol. The Balaban J connectivity index is 2.52. The molecule has 0 aromatic rings. The SMILES string of the molecule is CCCC1CCCCN1C(CC)CNC. The first-order chi connectivity index (χ1) is 7.33. The summed E-state index contributed by atoms with van der Waals surface area (Å²) in [6.45, 7) is 7.10. The molecule has 1 saturated heterocycles. The van der Waals surface area contributed by atoms with Gasteiger partial charge in [-0.05, 0) is 39.3 Å². The lowest BCUT2D eigenvalue weighted by molar-refractivity contribution is 0.0858. The third kappa shape index (κ3) is 3.76. The molecule has 1 heterocycles. The van der Waals surface area contributed by atoms with E-state index in [4.69, 9.17) is 0 Å². The zero-order valence-electron chi connectivity index (χ0n) is 10.8. The highest BCUT2D eigenvalue weighted by Gasteiger charge is 2.26. The Bertz CT molecular complexity index is 148. The molecule has 90 valence electrons. The van der Waals surface area contributed by atoms with Crippen LogP contribution in [0, 0.1) is 0 Å². The van der Waals surface area contributed by atoms with Crippen LogP contribution in [0.1, 0.15) is 52.4 Å². The van der Waals surface area contributed by atoms with E-state index < -0.39 is 0 Å². The Morgan fingerprint density at radius 1 is 1.33 bits per heavy atom. The molecule has 0 bridgehead atoms. The maximum atomic E-state index is 3.34. The lowest BCUT2D eigenvalue weighted by Gasteiger charge is -2.41. The number of likely N-dealkylation sites (N-methyl/N-ethyl adjacent to an activating group) is 1. The first-order valence-electron chi connectivity index (χ1n) is 6.73. The van der Waals surface area contributed by atoms with E-state index in [0.29, 0.717) is 0 Å². The maximum absolute atomic E-state index is 3.34. The van der Waals surface area contributed by atoms with Crippen LogP contribution in [0.2, 0.25) is 0 Å². The van der Waals surface area contributed by atoms with E-state index in [1.54, 1.807) is 0 Å². The van der Waals surface area contributed by atoms with Gasteiger partial charge in [-0.25, -0.2) is 0 Å². The second-order valence-electron chi connectivity index (χ2n) is 4.80. The average molecular weight is 212 g/mol. The summed E-state index contributed by atoms with van der Waals surface area (Å²) in [5.41, 5.74) is 0. The second kappa shape index (κ2) is 7.24. The van der Waals surface area contributed by atoms with Gasteiger partial charge in [-0.15, -0.1) is 0 Å². The molecule has 0 saturated carbocycles. The van der Waals surface area contributed by atoms with Gasteiger partial charge in [0.1, 0.15) is 0 Å². The van der Waals surface area contributed by atoms with Crippen molar-refractivity contribution in [1.29, 1.82) is 0 Å². The average Bonchev–Trinajstić information content (AvgIpc) is 2.27. The van der Waals surface area contributed by atoms with E-state index in [1.165, 1.54) is 45.1 Å². The summed E-state index contributed by atoms with van der Waals surface area (Å²) in [6, 6.07) is 1.62. The Hall–Kier alpha value is -0.0800. The molecule has 0 aromatic carbocycles. The highest BCUT2D eigenvalue weighted by molar-refractivity contribution is 4.83. The minimum Gasteiger partial charge on any atom is -0.318 e. The van der Waals surface area contributed by atoms with Gasteiger partial charge < -0.3 is 5.32 Å². The number of hydrogen-bond donors (Lipinski definition) is 1. The van der Waals surface area contributed by atoms with Crippen molar-refractivity contribution in [2.75, 3.05) is 20.1 Å². The lowest BCUT2D eigenvalue weighted by Crippen LogP contribution is -2.49. The van der Waals surface area contributed by atoms with Gasteiger partial charge >= 0.3 is 0 Å². The predicted octanol–water partition coefficient (Wildman–Crippen LogP) is 2.64. The Labute approximate surface area is 95.4 Å². The van der Waals surface area contributed by atoms with Crippen LogP contribution in [-0.4, -0.2) is 37.1 Å². The fourth-order valence-corrected chi connectivity index (χ4v) is 2.88. The van der Waals surface area contributed by atoms with Gasteiger partial charge in [0.05, 0.1) is 0 Å². The smallest absolute Gasteiger partial charge is 0.0220 e. The van der Waals surface area contributed by atoms with E-state index in [9.17, 15) is 0 Å². The van der Waals surface area contributed by atoms with E-state index in [0.717, 1.165) is 18.6 Å². The third-order valence-electron chi connectivity index (χ3n) is 3.67. The van der Waals surface area contributed by atoms with Gasteiger partial charge in [-0.2, -0.15) is 0 Å². The van der Waals surface area contributed by atoms with Crippen molar-refractivity contribution < 1.29 is 0 Å². The summed E-state index contributed by atoms with van der Waals surface area (Å²) in [5, 5.41) is 3.34. The molecule has 1 fully saturated rings. The van der Waals surface area contributed by atoms with Gasteiger partial charge in [0.25, 0.3) is 0 Å². The van der Waals surface area contributed by atoms with Gasteiger partial charge in [-0.3, -0.25) is 4.90 Å². The van der Waals surface area contributed by atoms with Crippen LogP contribution in [0.25, 0.3) is 0 Å². The summed E-state index contributed by atoms with van der Waals surface area (Å²) >= 11 is 0. The molecule has 1 rings (SSSR count). The highest BCUT2D eigenvalue weighted by atomic mass is 15.2. The van der Waals surface area contributed by atoms with Crippen LogP contribution in [0.15, 0.2) is 0 Å². The van der Waals surface area contributed by atoms with Crippen molar-refractivity contribution in [3.05, 3.63) is 0 Å². The van der Waals surface area contributed by atoms with Crippen LogP contribution < -0.4 is 5.32 Å². The molecule has 0 aromatic heterocycles. The molecule has 2 unspecified atom stereocenters. The molecule has 2 heteroatoms. The minimum atomic E-state index is 0.756. The molecule has 0 spiro atoms. The Kier molecular flexibility index (Phi) is 6.26. The summed E-state index contributed by atoms with van der Waals surface area (Å²) in [7, 11) is 2.07.